The topological polar surface area (TPSA) is 69.8 Å². The molecule has 1 unspecified atom stereocenters. The van der Waals surface area contributed by atoms with E-state index in [-0.39, 0.29) is 5.92 Å². The first-order valence-electron chi connectivity index (χ1n) is 5.06. The minimum Gasteiger partial charge on any atom is -0.599 e. The lowest BCUT2D eigenvalue weighted by Crippen LogP contribution is -3.06. The highest BCUT2D eigenvalue weighted by Gasteiger charge is 2.15. The van der Waals surface area contributed by atoms with Crippen molar-refractivity contribution in [1.29, 1.82) is 0 Å². The second-order valence-electron chi connectivity index (χ2n) is 3.76. The molecule has 5 nitrogen and oxygen atoms in total. The monoisotopic (exact) mass is 221 g/mol. The number of hydrogen-bond acceptors (Lipinski definition) is 4. The molecule has 1 atom stereocenters. The van der Waals surface area contributed by atoms with Crippen LogP contribution in [0.4, 0.5) is 0 Å². The number of hydroxylamine groups is 1. The van der Waals surface area contributed by atoms with Gasteiger partial charge in [-0.25, -0.2) is 4.79 Å². The van der Waals surface area contributed by atoms with E-state index >= 15 is 0 Å². The van der Waals surface area contributed by atoms with E-state index in [1.165, 1.54) is 0 Å². The highest BCUT2D eigenvalue weighted by Crippen LogP contribution is 1.97. The number of carbonyl (C=O) groups excluding carboxylic acids is 1. The zero-order chi connectivity index (χ0) is 12.1. The van der Waals surface area contributed by atoms with Crippen LogP contribution in [0.5, 0.6) is 0 Å². The van der Waals surface area contributed by atoms with Crippen LogP contribution in [-0.2, 0) is 4.79 Å². The van der Waals surface area contributed by atoms with E-state index < -0.39 is 11.1 Å². The lowest BCUT2D eigenvalue weighted by Gasteiger charge is -2.15. The molecule has 0 aliphatic carbocycles. The standard InChI is InChI=1S/C11H15N3O2/c1-8(2)11(15)14(16)13-9(3)10-4-6-12-7-5-10/h4-8,14H,1-3H3. The summed E-state index contributed by atoms with van der Waals surface area (Å²) in [5, 5.41) is 14.5. The summed E-state index contributed by atoms with van der Waals surface area (Å²) in [6, 6.07) is 3.48. The first-order valence-corrected chi connectivity index (χ1v) is 5.06. The van der Waals surface area contributed by atoms with Gasteiger partial charge in [-0.05, 0) is 32.9 Å². The number of aromatic nitrogens is 1. The molecular formula is C11H15N3O2. The summed E-state index contributed by atoms with van der Waals surface area (Å²) in [5.41, 5.74) is 1.32. The Balaban J connectivity index is 2.82. The number of amides is 1. The molecule has 1 N–H and O–H groups in total. The third kappa shape index (κ3) is 3.22. The molecule has 0 spiro atoms. The minimum absolute atomic E-state index is 0.318. The molecule has 0 radical (unpaired) electrons. The van der Waals surface area contributed by atoms with Crippen LogP contribution in [-0.4, -0.2) is 16.6 Å². The largest absolute Gasteiger partial charge is 0.599 e. The molecule has 0 saturated carbocycles. The highest BCUT2D eigenvalue weighted by molar-refractivity contribution is 5.98. The van der Waals surface area contributed by atoms with Gasteiger partial charge in [-0.15, -0.1) is 0 Å². The molecular weight excluding hydrogens is 206 g/mol. The summed E-state index contributed by atoms with van der Waals surface area (Å²) in [6.07, 6.45) is 3.23. The van der Waals surface area contributed by atoms with Crippen molar-refractivity contribution in [3.05, 3.63) is 35.3 Å². The zero-order valence-electron chi connectivity index (χ0n) is 9.60. The summed E-state index contributed by atoms with van der Waals surface area (Å²) in [6.45, 7) is 5.05. The zero-order valence-corrected chi connectivity index (χ0v) is 9.60. The molecule has 86 valence electrons. The van der Waals surface area contributed by atoms with Crippen molar-refractivity contribution in [2.45, 2.75) is 20.8 Å². The summed E-state index contributed by atoms with van der Waals surface area (Å²) >= 11 is 0. The maximum Gasteiger partial charge on any atom is 0.340 e. The maximum atomic E-state index is 11.4. The smallest absolute Gasteiger partial charge is 0.340 e. The quantitative estimate of drug-likeness (QED) is 0.592. The van der Waals surface area contributed by atoms with Crippen LogP contribution in [0, 0.1) is 11.1 Å². The van der Waals surface area contributed by atoms with Gasteiger partial charge in [0.05, 0.1) is 5.92 Å². The average Bonchev–Trinajstić information content (AvgIpc) is 2.28. The van der Waals surface area contributed by atoms with E-state index in [4.69, 9.17) is 0 Å². The van der Waals surface area contributed by atoms with Crippen LogP contribution in [0.2, 0.25) is 0 Å². The Morgan fingerprint density at radius 1 is 1.44 bits per heavy atom. The second kappa shape index (κ2) is 5.48. The number of nitrogens with zero attached hydrogens (tertiary/aromatic N) is 2. The maximum absolute atomic E-state index is 11.4. The van der Waals surface area contributed by atoms with Gasteiger partial charge in [-0.1, -0.05) is 5.10 Å². The van der Waals surface area contributed by atoms with Crippen LogP contribution in [0.1, 0.15) is 26.3 Å². The van der Waals surface area contributed by atoms with Gasteiger partial charge in [0, 0.05) is 18.0 Å². The van der Waals surface area contributed by atoms with Gasteiger partial charge in [-0.3, -0.25) is 4.98 Å². The Labute approximate surface area is 94.4 Å². The van der Waals surface area contributed by atoms with Gasteiger partial charge in [0.2, 0.25) is 0 Å². The molecule has 16 heavy (non-hydrogen) atoms. The molecule has 0 bridgehead atoms. The number of nitrogens with one attached hydrogen (secondary N) is 1. The first-order chi connectivity index (χ1) is 7.52. The molecule has 5 heteroatoms. The average molecular weight is 221 g/mol. The number of pyridine rings is 1. The number of hydrogen-bond donors (Lipinski definition) is 1. The second-order valence-corrected chi connectivity index (χ2v) is 3.76. The van der Waals surface area contributed by atoms with Crippen LogP contribution in [0.15, 0.2) is 29.6 Å². The summed E-state index contributed by atoms with van der Waals surface area (Å²) < 4.78 is 0. The van der Waals surface area contributed by atoms with Crippen molar-refractivity contribution in [2.75, 3.05) is 0 Å². The van der Waals surface area contributed by atoms with E-state index in [1.54, 1.807) is 45.3 Å². The van der Waals surface area contributed by atoms with Crippen molar-refractivity contribution < 1.29 is 9.97 Å². The Bertz CT molecular complexity index is 387. The fraction of sp³-hybridized carbons (Fsp3) is 0.364. The fourth-order valence-corrected chi connectivity index (χ4v) is 1.11. The molecule has 1 amide bonds. The molecule has 1 rings (SSSR count). The van der Waals surface area contributed by atoms with Crippen molar-refractivity contribution in [1.82, 2.24) is 4.98 Å². The minimum atomic E-state index is -0.690. The van der Waals surface area contributed by atoms with Gasteiger partial charge >= 0.3 is 5.91 Å². The predicted octanol–water partition coefficient (Wildman–Crippen LogP) is 0.371. The third-order valence-electron chi connectivity index (χ3n) is 2.10. The first kappa shape index (κ1) is 12.5. The number of carbonyl (C=O) groups is 1. The molecule has 0 aliphatic heterocycles. The van der Waals surface area contributed by atoms with E-state index in [1.807, 2.05) is 0 Å². The number of quaternary nitrogens is 1. The van der Waals surface area contributed by atoms with E-state index in [0.29, 0.717) is 5.71 Å². The van der Waals surface area contributed by atoms with Crippen LogP contribution >= 0.6 is 0 Å². The molecule has 0 saturated heterocycles. The third-order valence-corrected chi connectivity index (χ3v) is 2.10. The molecule has 0 aromatic carbocycles. The Kier molecular flexibility index (Phi) is 4.28. The Morgan fingerprint density at radius 2 is 2.00 bits per heavy atom. The van der Waals surface area contributed by atoms with Gasteiger partial charge < -0.3 is 5.21 Å². The summed E-state index contributed by atoms with van der Waals surface area (Å²) in [5.74, 6) is -0.783. The van der Waals surface area contributed by atoms with E-state index in [9.17, 15) is 10.0 Å². The molecule has 1 aromatic heterocycles. The lowest BCUT2D eigenvalue weighted by molar-refractivity contribution is -0.773. The molecule has 1 heterocycles. The fourth-order valence-electron chi connectivity index (χ4n) is 1.11. The normalized spacial score (nSPS) is 13.9. The van der Waals surface area contributed by atoms with Crippen LogP contribution in [0.25, 0.3) is 0 Å². The van der Waals surface area contributed by atoms with Crippen LogP contribution < -0.4 is 5.17 Å². The van der Waals surface area contributed by atoms with Crippen molar-refractivity contribution in [3.63, 3.8) is 0 Å². The van der Waals surface area contributed by atoms with E-state index in [2.05, 4.69) is 10.1 Å². The summed E-state index contributed by atoms with van der Waals surface area (Å²) in [4.78, 5) is 15.2. The van der Waals surface area contributed by atoms with Crippen molar-refractivity contribution >= 4 is 11.6 Å². The van der Waals surface area contributed by atoms with Crippen LogP contribution in [0.3, 0.4) is 0 Å². The molecule has 0 aliphatic rings. The van der Waals surface area contributed by atoms with Crippen molar-refractivity contribution in [2.24, 2.45) is 11.0 Å². The SMILES string of the molecule is CC(=N[NH+]([O-])C(=O)C(C)C)c1ccncc1. The van der Waals surface area contributed by atoms with Gasteiger partial charge in [0.1, 0.15) is 5.71 Å². The lowest BCUT2D eigenvalue weighted by atomic mass is 10.2. The molecule has 1 aromatic rings. The van der Waals surface area contributed by atoms with Gasteiger partial charge in [0.15, 0.2) is 0 Å². The van der Waals surface area contributed by atoms with Gasteiger partial charge in [-0.2, -0.15) is 5.17 Å². The Morgan fingerprint density at radius 3 is 2.50 bits per heavy atom. The number of rotatable bonds is 3. The highest BCUT2D eigenvalue weighted by atomic mass is 16.5. The van der Waals surface area contributed by atoms with Crippen molar-refractivity contribution in [3.8, 4) is 0 Å². The van der Waals surface area contributed by atoms with E-state index in [0.717, 1.165) is 5.56 Å². The Hall–Kier alpha value is -1.59. The van der Waals surface area contributed by atoms with Gasteiger partial charge in [0.25, 0.3) is 0 Å². The predicted molar refractivity (Wildman–Crippen MR) is 60.6 cm³/mol. The summed E-state index contributed by atoms with van der Waals surface area (Å²) in [7, 11) is 0. The molecule has 0 fully saturated rings.